The van der Waals surface area contributed by atoms with Gasteiger partial charge < -0.3 is 29.5 Å². The van der Waals surface area contributed by atoms with E-state index in [0.717, 1.165) is 25.2 Å². The van der Waals surface area contributed by atoms with Crippen molar-refractivity contribution in [3.05, 3.63) is 23.8 Å². The molecule has 0 spiro atoms. The molecule has 30 heavy (non-hydrogen) atoms. The van der Waals surface area contributed by atoms with Gasteiger partial charge in [-0.05, 0) is 31.0 Å². The Kier molecular flexibility index (Phi) is 7.15. The van der Waals surface area contributed by atoms with Crippen LogP contribution in [-0.2, 0) is 14.3 Å². The molecule has 2 aliphatic rings. The lowest BCUT2D eigenvalue weighted by atomic mass is 9.97. The molecule has 1 aromatic rings. The van der Waals surface area contributed by atoms with Gasteiger partial charge in [-0.2, -0.15) is 0 Å². The molecular formula is C21H30N4O5. The lowest BCUT2D eigenvalue weighted by Gasteiger charge is -2.33. The number of morpholine rings is 1. The molecule has 2 aliphatic heterocycles. The summed E-state index contributed by atoms with van der Waals surface area (Å²) < 4.78 is 10.3. The number of piperidine rings is 1. The van der Waals surface area contributed by atoms with E-state index in [4.69, 9.17) is 9.47 Å². The standard InChI is InChI=1S/C21H30N4O5/c1-23(2)21(28)25-8-4-5-15(14-25)19(26)22-18-7-6-16(13-17(18)20(27)29-3)24-9-11-30-12-10-24/h6-7,13,15H,4-5,8-12,14H2,1-3H3,(H,22,26). The highest BCUT2D eigenvalue weighted by Gasteiger charge is 2.30. The number of rotatable bonds is 4. The van der Waals surface area contributed by atoms with Crippen molar-refractivity contribution in [3.8, 4) is 0 Å². The summed E-state index contributed by atoms with van der Waals surface area (Å²) in [6, 6.07) is 5.27. The van der Waals surface area contributed by atoms with Crippen molar-refractivity contribution in [2.24, 2.45) is 5.92 Å². The Labute approximate surface area is 176 Å². The van der Waals surface area contributed by atoms with Crippen LogP contribution in [0, 0.1) is 5.92 Å². The zero-order chi connectivity index (χ0) is 21.7. The number of hydrogen-bond acceptors (Lipinski definition) is 6. The second kappa shape index (κ2) is 9.80. The summed E-state index contributed by atoms with van der Waals surface area (Å²) in [5.74, 6) is -1.03. The van der Waals surface area contributed by atoms with Gasteiger partial charge in [-0.15, -0.1) is 0 Å². The zero-order valence-corrected chi connectivity index (χ0v) is 17.8. The van der Waals surface area contributed by atoms with E-state index in [-0.39, 0.29) is 17.9 Å². The molecule has 0 saturated carbocycles. The minimum absolute atomic E-state index is 0.0994. The first-order chi connectivity index (χ1) is 14.4. The van der Waals surface area contributed by atoms with Gasteiger partial charge in [-0.25, -0.2) is 9.59 Å². The third kappa shape index (κ3) is 5.02. The van der Waals surface area contributed by atoms with Crippen LogP contribution in [0.2, 0.25) is 0 Å². The molecule has 1 unspecified atom stereocenters. The number of esters is 1. The van der Waals surface area contributed by atoms with Crippen LogP contribution in [0.3, 0.4) is 0 Å². The maximum atomic E-state index is 12.9. The van der Waals surface area contributed by atoms with E-state index in [1.165, 1.54) is 12.0 Å². The van der Waals surface area contributed by atoms with Crippen LogP contribution in [-0.4, -0.2) is 88.3 Å². The molecule has 0 radical (unpaired) electrons. The zero-order valence-electron chi connectivity index (χ0n) is 17.8. The summed E-state index contributed by atoms with van der Waals surface area (Å²) in [6.45, 7) is 3.75. The monoisotopic (exact) mass is 418 g/mol. The van der Waals surface area contributed by atoms with Gasteiger partial charge in [0.15, 0.2) is 0 Å². The van der Waals surface area contributed by atoms with E-state index in [1.54, 1.807) is 31.1 Å². The maximum Gasteiger partial charge on any atom is 0.340 e. The van der Waals surface area contributed by atoms with Gasteiger partial charge in [0.05, 0.1) is 37.5 Å². The molecule has 2 fully saturated rings. The molecule has 164 valence electrons. The Bertz CT molecular complexity index is 792. The predicted molar refractivity (Wildman–Crippen MR) is 113 cm³/mol. The fraction of sp³-hybridized carbons (Fsp3) is 0.571. The van der Waals surface area contributed by atoms with Gasteiger partial charge in [0.2, 0.25) is 5.91 Å². The molecule has 1 atom stereocenters. The molecule has 9 nitrogen and oxygen atoms in total. The predicted octanol–water partition coefficient (Wildman–Crippen LogP) is 1.64. The van der Waals surface area contributed by atoms with Crippen molar-refractivity contribution in [1.82, 2.24) is 9.80 Å². The van der Waals surface area contributed by atoms with E-state index in [0.29, 0.717) is 44.0 Å². The number of nitrogens with zero attached hydrogens (tertiary/aromatic N) is 3. The number of nitrogens with one attached hydrogen (secondary N) is 1. The van der Waals surface area contributed by atoms with Gasteiger partial charge in [-0.3, -0.25) is 4.79 Å². The molecule has 9 heteroatoms. The van der Waals surface area contributed by atoms with Crippen molar-refractivity contribution in [2.75, 3.05) is 70.8 Å². The Morgan fingerprint density at radius 1 is 1.17 bits per heavy atom. The van der Waals surface area contributed by atoms with Crippen molar-refractivity contribution in [3.63, 3.8) is 0 Å². The van der Waals surface area contributed by atoms with Gasteiger partial charge in [0.25, 0.3) is 0 Å². The average Bonchev–Trinajstić information content (AvgIpc) is 2.78. The summed E-state index contributed by atoms with van der Waals surface area (Å²) >= 11 is 0. The number of hydrogen-bond donors (Lipinski definition) is 1. The van der Waals surface area contributed by atoms with Crippen molar-refractivity contribution in [2.45, 2.75) is 12.8 Å². The summed E-state index contributed by atoms with van der Waals surface area (Å²) in [6.07, 6.45) is 1.46. The normalized spacial score (nSPS) is 19.2. The summed E-state index contributed by atoms with van der Waals surface area (Å²) in [7, 11) is 4.72. The number of carbonyl (C=O) groups is 3. The van der Waals surface area contributed by atoms with E-state index in [2.05, 4.69) is 10.2 Å². The van der Waals surface area contributed by atoms with Crippen LogP contribution in [0.5, 0.6) is 0 Å². The fourth-order valence-corrected chi connectivity index (χ4v) is 3.82. The molecule has 3 rings (SSSR count). The highest BCUT2D eigenvalue weighted by atomic mass is 16.5. The molecule has 2 saturated heterocycles. The Hall–Kier alpha value is -2.81. The van der Waals surface area contributed by atoms with Crippen LogP contribution in [0.15, 0.2) is 18.2 Å². The number of carbonyl (C=O) groups excluding carboxylic acids is 3. The molecule has 3 amide bonds. The van der Waals surface area contributed by atoms with E-state index < -0.39 is 5.97 Å². The fourth-order valence-electron chi connectivity index (χ4n) is 3.82. The first-order valence-corrected chi connectivity index (χ1v) is 10.2. The molecule has 0 bridgehead atoms. The van der Waals surface area contributed by atoms with Gasteiger partial charge >= 0.3 is 12.0 Å². The Balaban J connectivity index is 1.75. The van der Waals surface area contributed by atoms with Crippen molar-refractivity contribution in [1.29, 1.82) is 0 Å². The highest BCUT2D eigenvalue weighted by molar-refractivity contribution is 6.02. The number of ether oxygens (including phenoxy) is 2. The SMILES string of the molecule is COC(=O)c1cc(N2CCOCC2)ccc1NC(=O)C1CCCN(C(=O)N(C)C)C1. The number of methoxy groups -OCH3 is 1. The summed E-state index contributed by atoms with van der Waals surface area (Å²) in [4.78, 5) is 42.9. The third-order valence-corrected chi connectivity index (χ3v) is 5.49. The topological polar surface area (TPSA) is 91.4 Å². The molecule has 1 aromatic carbocycles. The van der Waals surface area contributed by atoms with Crippen LogP contribution in [0.4, 0.5) is 16.2 Å². The maximum absolute atomic E-state index is 12.9. The van der Waals surface area contributed by atoms with E-state index in [9.17, 15) is 14.4 Å². The van der Waals surface area contributed by atoms with Crippen LogP contribution in [0.1, 0.15) is 23.2 Å². The molecule has 0 aliphatic carbocycles. The van der Waals surface area contributed by atoms with E-state index >= 15 is 0 Å². The molecular weight excluding hydrogens is 388 g/mol. The van der Waals surface area contributed by atoms with Crippen LogP contribution < -0.4 is 10.2 Å². The smallest absolute Gasteiger partial charge is 0.340 e. The molecule has 2 heterocycles. The number of amides is 3. The number of benzene rings is 1. The van der Waals surface area contributed by atoms with E-state index in [1.807, 2.05) is 6.07 Å². The quantitative estimate of drug-likeness (QED) is 0.748. The van der Waals surface area contributed by atoms with Crippen molar-refractivity contribution >= 4 is 29.3 Å². The molecule has 1 N–H and O–H groups in total. The number of urea groups is 1. The van der Waals surface area contributed by atoms with Crippen molar-refractivity contribution < 1.29 is 23.9 Å². The first-order valence-electron chi connectivity index (χ1n) is 10.2. The Morgan fingerprint density at radius 3 is 2.57 bits per heavy atom. The third-order valence-electron chi connectivity index (χ3n) is 5.49. The van der Waals surface area contributed by atoms with Gasteiger partial charge in [0.1, 0.15) is 0 Å². The average molecular weight is 418 g/mol. The Morgan fingerprint density at radius 2 is 1.90 bits per heavy atom. The summed E-state index contributed by atoms with van der Waals surface area (Å²) in [5.41, 5.74) is 1.61. The second-order valence-electron chi connectivity index (χ2n) is 7.77. The minimum Gasteiger partial charge on any atom is -0.465 e. The molecule has 0 aromatic heterocycles. The lowest BCUT2D eigenvalue weighted by molar-refractivity contribution is -0.121. The lowest BCUT2D eigenvalue weighted by Crippen LogP contribution is -2.47. The second-order valence-corrected chi connectivity index (χ2v) is 7.77. The highest BCUT2D eigenvalue weighted by Crippen LogP contribution is 2.26. The summed E-state index contributed by atoms with van der Waals surface area (Å²) in [5, 5.41) is 2.88. The number of anilines is 2. The minimum atomic E-state index is -0.506. The van der Waals surface area contributed by atoms with Gasteiger partial charge in [0, 0.05) is 46.0 Å². The largest absolute Gasteiger partial charge is 0.465 e. The van der Waals surface area contributed by atoms with Crippen LogP contribution >= 0.6 is 0 Å². The number of likely N-dealkylation sites (tertiary alicyclic amines) is 1. The first kappa shape index (κ1) is 21.9. The van der Waals surface area contributed by atoms with Gasteiger partial charge in [-0.1, -0.05) is 0 Å². The van der Waals surface area contributed by atoms with Crippen LogP contribution in [0.25, 0.3) is 0 Å².